The second-order valence-corrected chi connectivity index (χ2v) is 8.35. The average molecular weight is 316 g/mol. The Morgan fingerprint density at radius 1 is 1.04 bits per heavy atom. The topological polar surface area (TPSA) is 38.1 Å². The Hall–Kier alpha value is -0.830. The van der Waals surface area contributed by atoms with Gasteiger partial charge in [0.1, 0.15) is 5.76 Å². The molecule has 0 aliphatic heterocycles. The van der Waals surface area contributed by atoms with Gasteiger partial charge in [0.25, 0.3) is 0 Å². The van der Waals surface area contributed by atoms with Crippen LogP contribution in [0.2, 0.25) is 0 Å². The maximum Gasteiger partial charge on any atom is 0.144 e. The Labute approximate surface area is 140 Å². The van der Waals surface area contributed by atoms with Crippen LogP contribution >= 0.6 is 0 Å². The molecule has 3 aliphatic rings. The van der Waals surface area contributed by atoms with Gasteiger partial charge in [0, 0.05) is 30.0 Å². The maximum atomic E-state index is 5.85. The molecule has 128 valence electrons. The van der Waals surface area contributed by atoms with E-state index in [1.165, 1.54) is 81.2 Å². The molecule has 1 spiro atoms. The number of aromatic nitrogens is 1. The molecule has 0 atom stereocenters. The third-order valence-electron chi connectivity index (χ3n) is 6.74. The molecule has 0 amide bonds. The predicted molar refractivity (Wildman–Crippen MR) is 92.6 cm³/mol. The van der Waals surface area contributed by atoms with Crippen LogP contribution < -0.4 is 5.32 Å². The first kappa shape index (κ1) is 15.7. The molecular weight excluding hydrogens is 284 g/mol. The Bertz CT molecular complexity index is 528. The molecule has 1 heterocycles. The number of hydrogen-bond donors (Lipinski definition) is 1. The van der Waals surface area contributed by atoms with Crippen molar-refractivity contribution < 1.29 is 4.52 Å². The SMILES string of the molecule is CCC(CC)NCc1c(C2CCC3(CC2)CC3)noc1C1CC1. The molecule has 3 fully saturated rings. The highest BCUT2D eigenvalue weighted by atomic mass is 16.5. The molecule has 1 aromatic rings. The molecule has 0 radical (unpaired) electrons. The van der Waals surface area contributed by atoms with Gasteiger partial charge >= 0.3 is 0 Å². The Morgan fingerprint density at radius 2 is 1.74 bits per heavy atom. The predicted octanol–water partition coefficient (Wildman–Crippen LogP) is 5.27. The summed E-state index contributed by atoms with van der Waals surface area (Å²) < 4.78 is 5.85. The highest BCUT2D eigenvalue weighted by molar-refractivity contribution is 5.31. The maximum absolute atomic E-state index is 5.85. The lowest BCUT2D eigenvalue weighted by atomic mass is 9.77. The van der Waals surface area contributed by atoms with E-state index in [0.717, 1.165) is 12.0 Å². The average Bonchev–Trinajstić information content (AvgIpc) is 3.51. The van der Waals surface area contributed by atoms with Crippen molar-refractivity contribution >= 4 is 0 Å². The van der Waals surface area contributed by atoms with Crippen LogP contribution in [0.25, 0.3) is 0 Å². The van der Waals surface area contributed by atoms with E-state index in [0.29, 0.717) is 17.9 Å². The lowest BCUT2D eigenvalue weighted by Crippen LogP contribution is -2.28. The first-order chi connectivity index (χ1) is 11.2. The fourth-order valence-corrected chi connectivity index (χ4v) is 4.50. The molecule has 0 saturated heterocycles. The van der Waals surface area contributed by atoms with Gasteiger partial charge in [0.2, 0.25) is 0 Å². The highest BCUT2D eigenvalue weighted by Gasteiger charge is 2.46. The molecule has 0 bridgehead atoms. The number of nitrogens with zero attached hydrogens (tertiary/aromatic N) is 1. The van der Waals surface area contributed by atoms with E-state index in [1.54, 1.807) is 0 Å². The second kappa shape index (κ2) is 6.23. The van der Waals surface area contributed by atoms with E-state index >= 15 is 0 Å². The number of rotatable bonds is 7. The summed E-state index contributed by atoms with van der Waals surface area (Å²) in [6.07, 6.45) is 13.4. The zero-order valence-electron chi connectivity index (χ0n) is 14.9. The minimum absolute atomic E-state index is 0.617. The molecule has 3 aliphatic carbocycles. The summed E-state index contributed by atoms with van der Waals surface area (Å²) in [6.45, 7) is 5.50. The van der Waals surface area contributed by atoms with Crippen molar-refractivity contribution in [3.63, 3.8) is 0 Å². The van der Waals surface area contributed by atoms with Gasteiger partial charge in [0.05, 0.1) is 5.69 Å². The fraction of sp³-hybridized carbons (Fsp3) is 0.850. The molecule has 0 unspecified atom stereocenters. The van der Waals surface area contributed by atoms with E-state index in [4.69, 9.17) is 4.52 Å². The zero-order chi connectivity index (χ0) is 15.9. The number of nitrogens with one attached hydrogen (secondary N) is 1. The van der Waals surface area contributed by atoms with E-state index in [1.807, 2.05) is 0 Å². The summed E-state index contributed by atoms with van der Waals surface area (Å²) in [4.78, 5) is 0. The third kappa shape index (κ3) is 3.22. The van der Waals surface area contributed by atoms with Crippen LogP contribution in [0.15, 0.2) is 4.52 Å². The lowest BCUT2D eigenvalue weighted by molar-refractivity contribution is 0.292. The first-order valence-corrected chi connectivity index (χ1v) is 9.96. The molecule has 1 N–H and O–H groups in total. The van der Waals surface area contributed by atoms with Crippen molar-refractivity contribution in [1.82, 2.24) is 10.5 Å². The Balaban J connectivity index is 1.49. The first-order valence-electron chi connectivity index (χ1n) is 9.96. The van der Waals surface area contributed by atoms with Crippen LogP contribution in [-0.4, -0.2) is 11.2 Å². The van der Waals surface area contributed by atoms with Gasteiger partial charge in [-0.05, 0) is 69.6 Å². The molecule has 3 heteroatoms. The Kier molecular flexibility index (Phi) is 4.25. The minimum Gasteiger partial charge on any atom is -0.360 e. The molecule has 1 aromatic heterocycles. The Morgan fingerprint density at radius 3 is 2.30 bits per heavy atom. The van der Waals surface area contributed by atoms with Crippen LogP contribution in [-0.2, 0) is 6.54 Å². The van der Waals surface area contributed by atoms with Gasteiger partial charge in [-0.1, -0.05) is 19.0 Å². The number of hydrogen-bond acceptors (Lipinski definition) is 3. The van der Waals surface area contributed by atoms with Gasteiger partial charge in [-0.25, -0.2) is 0 Å². The van der Waals surface area contributed by atoms with Crippen molar-refractivity contribution in [3.05, 3.63) is 17.0 Å². The molecule has 3 saturated carbocycles. The second-order valence-electron chi connectivity index (χ2n) is 8.35. The third-order valence-corrected chi connectivity index (χ3v) is 6.74. The fourth-order valence-electron chi connectivity index (χ4n) is 4.50. The quantitative estimate of drug-likeness (QED) is 0.745. The van der Waals surface area contributed by atoms with Crippen LogP contribution in [0.3, 0.4) is 0 Å². The zero-order valence-corrected chi connectivity index (χ0v) is 14.9. The molecule has 3 nitrogen and oxygen atoms in total. The summed E-state index contributed by atoms with van der Waals surface area (Å²) in [5.41, 5.74) is 3.49. The molecule has 4 rings (SSSR count). The van der Waals surface area contributed by atoms with Gasteiger partial charge in [-0.3, -0.25) is 0 Å². The summed E-state index contributed by atoms with van der Waals surface area (Å²) in [5, 5.41) is 8.34. The van der Waals surface area contributed by atoms with Crippen LogP contribution in [0, 0.1) is 5.41 Å². The molecular formula is C20H32N2O. The summed E-state index contributed by atoms with van der Waals surface area (Å²) in [7, 11) is 0. The monoisotopic (exact) mass is 316 g/mol. The van der Waals surface area contributed by atoms with Crippen molar-refractivity contribution in [2.75, 3.05) is 0 Å². The summed E-state index contributed by atoms with van der Waals surface area (Å²) >= 11 is 0. The van der Waals surface area contributed by atoms with E-state index < -0.39 is 0 Å². The summed E-state index contributed by atoms with van der Waals surface area (Å²) in [6, 6.07) is 0.617. The summed E-state index contributed by atoms with van der Waals surface area (Å²) in [5.74, 6) is 2.52. The van der Waals surface area contributed by atoms with E-state index in [2.05, 4.69) is 24.3 Å². The van der Waals surface area contributed by atoms with Gasteiger partial charge in [-0.2, -0.15) is 0 Å². The standard InChI is InChI=1S/C20H32N2O/c1-3-16(4-2)21-13-17-18(22-23-19(17)15-5-6-15)14-7-9-20(10-8-14)11-12-20/h14-16,21H,3-13H2,1-2H3. The van der Waals surface area contributed by atoms with E-state index in [-0.39, 0.29) is 0 Å². The lowest BCUT2D eigenvalue weighted by Gasteiger charge is -2.28. The van der Waals surface area contributed by atoms with Crippen LogP contribution in [0.5, 0.6) is 0 Å². The van der Waals surface area contributed by atoms with Crippen molar-refractivity contribution in [3.8, 4) is 0 Å². The van der Waals surface area contributed by atoms with Crippen LogP contribution in [0.4, 0.5) is 0 Å². The van der Waals surface area contributed by atoms with Crippen LogP contribution in [0.1, 0.15) is 107 Å². The largest absolute Gasteiger partial charge is 0.360 e. The molecule has 23 heavy (non-hydrogen) atoms. The smallest absolute Gasteiger partial charge is 0.144 e. The minimum atomic E-state index is 0.617. The highest BCUT2D eigenvalue weighted by Crippen LogP contribution is 2.58. The van der Waals surface area contributed by atoms with Gasteiger partial charge < -0.3 is 9.84 Å². The van der Waals surface area contributed by atoms with Crippen molar-refractivity contribution in [2.24, 2.45) is 5.41 Å². The van der Waals surface area contributed by atoms with Crippen molar-refractivity contribution in [1.29, 1.82) is 0 Å². The molecule has 0 aromatic carbocycles. The normalized spacial score (nSPS) is 23.8. The van der Waals surface area contributed by atoms with Crippen molar-refractivity contribution in [2.45, 2.75) is 102 Å². The van der Waals surface area contributed by atoms with E-state index in [9.17, 15) is 0 Å². The van der Waals surface area contributed by atoms with Gasteiger partial charge in [0.15, 0.2) is 0 Å². The van der Waals surface area contributed by atoms with Gasteiger partial charge in [-0.15, -0.1) is 0 Å².